The molecule has 0 bridgehead atoms. The molecule has 1 aliphatic rings. The van der Waals surface area contributed by atoms with Crippen molar-refractivity contribution in [3.05, 3.63) is 16.4 Å². The zero-order valence-electron chi connectivity index (χ0n) is 5.83. The molecule has 1 aromatic rings. The van der Waals surface area contributed by atoms with E-state index in [0.717, 1.165) is 6.29 Å². The maximum absolute atomic E-state index is 10.4. The SMILES string of the molecule is O=Cc1cn(C2CC2)nc1Br. The molecule has 1 heterocycles. The van der Waals surface area contributed by atoms with E-state index in [-0.39, 0.29) is 0 Å². The third-order valence-electron chi connectivity index (χ3n) is 1.76. The Bertz CT molecular complexity index is 291. The molecule has 0 unspecified atom stereocenters. The third-order valence-corrected chi connectivity index (χ3v) is 2.38. The average Bonchev–Trinajstić information content (AvgIpc) is 2.76. The second-order valence-electron chi connectivity index (χ2n) is 2.70. The molecular formula is C7H7BrN2O. The highest BCUT2D eigenvalue weighted by molar-refractivity contribution is 9.10. The van der Waals surface area contributed by atoms with Crippen molar-refractivity contribution in [2.45, 2.75) is 18.9 Å². The van der Waals surface area contributed by atoms with Crippen molar-refractivity contribution >= 4 is 22.2 Å². The molecule has 0 aromatic carbocycles. The van der Waals surface area contributed by atoms with Gasteiger partial charge in [-0.05, 0) is 28.8 Å². The van der Waals surface area contributed by atoms with Crippen molar-refractivity contribution in [2.24, 2.45) is 0 Å². The van der Waals surface area contributed by atoms with Crippen LogP contribution in [-0.4, -0.2) is 16.1 Å². The van der Waals surface area contributed by atoms with Crippen LogP contribution in [0.5, 0.6) is 0 Å². The molecular weight excluding hydrogens is 208 g/mol. The summed E-state index contributed by atoms with van der Waals surface area (Å²) < 4.78 is 2.51. The summed E-state index contributed by atoms with van der Waals surface area (Å²) in [4.78, 5) is 10.4. The van der Waals surface area contributed by atoms with Gasteiger partial charge in [0.1, 0.15) is 4.60 Å². The molecule has 11 heavy (non-hydrogen) atoms. The second-order valence-corrected chi connectivity index (χ2v) is 3.46. The minimum atomic E-state index is 0.542. The number of hydrogen-bond acceptors (Lipinski definition) is 2. The standard InChI is InChI=1S/C7H7BrN2O/c8-7-5(4-11)3-10(9-7)6-1-2-6/h3-4,6H,1-2H2. The van der Waals surface area contributed by atoms with E-state index in [1.54, 1.807) is 6.20 Å². The Morgan fingerprint density at radius 1 is 1.73 bits per heavy atom. The van der Waals surface area contributed by atoms with Crippen molar-refractivity contribution in [3.8, 4) is 0 Å². The molecule has 0 aliphatic heterocycles. The summed E-state index contributed by atoms with van der Waals surface area (Å²) in [6, 6.07) is 0.542. The summed E-state index contributed by atoms with van der Waals surface area (Å²) in [5.41, 5.74) is 0.636. The van der Waals surface area contributed by atoms with E-state index in [0.29, 0.717) is 16.2 Å². The number of carbonyl (C=O) groups excluding carboxylic acids is 1. The van der Waals surface area contributed by atoms with Crippen LogP contribution in [0.3, 0.4) is 0 Å². The van der Waals surface area contributed by atoms with Crippen molar-refractivity contribution < 1.29 is 4.79 Å². The van der Waals surface area contributed by atoms with Gasteiger partial charge in [-0.2, -0.15) is 5.10 Å². The van der Waals surface area contributed by atoms with E-state index in [1.165, 1.54) is 12.8 Å². The van der Waals surface area contributed by atoms with Crippen LogP contribution in [0.1, 0.15) is 29.2 Å². The Hall–Kier alpha value is -0.640. The van der Waals surface area contributed by atoms with Crippen molar-refractivity contribution in [3.63, 3.8) is 0 Å². The number of aldehydes is 1. The van der Waals surface area contributed by atoms with Gasteiger partial charge in [-0.1, -0.05) is 0 Å². The molecule has 0 saturated heterocycles. The quantitative estimate of drug-likeness (QED) is 0.705. The minimum absolute atomic E-state index is 0.542. The monoisotopic (exact) mass is 214 g/mol. The van der Waals surface area contributed by atoms with E-state index in [1.807, 2.05) is 4.68 Å². The fourth-order valence-corrected chi connectivity index (χ4v) is 1.37. The minimum Gasteiger partial charge on any atom is -0.298 e. The first-order valence-corrected chi connectivity index (χ1v) is 4.30. The van der Waals surface area contributed by atoms with Gasteiger partial charge < -0.3 is 0 Å². The molecule has 0 N–H and O–H groups in total. The number of hydrogen-bond donors (Lipinski definition) is 0. The van der Waals surface area contributed by atoms with Crippen LogP contribution >= 0.6 is 15.9 Å². The van der Waals surface area contributed by atoms with E-state index in [4.69, 9.17) is 0 Å². The fourth-order valence-electron chi connectivity index (χ4n) is 0.989. The molecule has 2 rings (SSSR count). The lowest BCUT2D eigenvalue weighted by molar-refractivity contribution is 0.112. The van der Waals surface area contributed by atoms with Crippen LogP contribution in [-0.2, 0) is 0 Å². The maximum atomic E-state index is 10.4. The van der Waals surface area contributed by atoms with Gasteiger partial charge in [0.05, 0.1) is 11.6 Å². The highest BCUT2D eigenvalue weighted by Crippen LogP contribution is 2.34. The predicted octanol–water partition coefficient (Wildman–Crippen LogP) is 1.79. The molecule has 4 heteroatoms. The molecule has 0 atom stereocenters. The highest BCUT2D eigenvalue weighted by atomic mass is 79.9. The number of aromatic nitrogens is 2. The largest absolute Gasteiger partial charge is 0.298 e. The third kappa shape index (κ3) is 1.22. The van der Waals surface area contributed by atoms with Gasteiger partial charge >= 0.3 is 0 Å². The van der Waals surface area contributed by atoms with Crippen molar-refractivity contribution in [1.82, 2.24) is 9.78 Å². The Morgan fingerprint density at radius 3 is 2.91 bits per heavy atom. The van der Waals surface area contributed by atoms with Gasteiger partial charge in [0.2, 0.25) is 0 Å². The lowest BCUT2D eigenvalue weighted by Crippen LogP contribution is -1.92. The maximum Gasteiger partial charge on any atom is 0.154 e. The summed E-state index contributed by atoms with van der Waals surface area (Å²) in [6.45, 7) is 0. The topological polar surface area (TPSA) is 34.9 Å². The number of nitrogens with zero attached hydrogens (tertiary/aromatic N) is 2. The summed E-state index contributed by atoms with van der Waals surface area (Å²) in [5, 5.41) is 4.15. The molecule has 3 nitrogen and oxygen atoms in total. The van der Waals surface area contributed by atoms with Gasteiger partial charge in [-0.15, -0.1) is 0 Å². The Balaban J connectivity index is 2.35. The zero-order valence-corrected chi connectivity index (χ0v) is 7.41. The summed E-state index contributed by atoms with van der Waals surface area (Å²) >= 11 is 3.21. The van der Waals surface area contributed by atoms with Gasteiger partial charge in [0.25, 0.3) is 0 Å². The predicted molar refractivity (Wildman–Crippen MR) is 43.6 cm³/mol. The van der Waals surface area contributed by atoms with Gasteiger partial charge in [0.15, 0.2) is 6.29 Å². The molecule has 0 radical (unpaired) electrons. The van der Waals surface area contributed by atoms with E-state index >= 15 is 0 Å². The van der Waals surface area contributed by atoms with E-state index in [9.17, 15) is 4.79 Å². The van der Waals surface area contributed by atoms with Crippen molar-refractivity contribution in [2.75, 3.05) is 0 Å². The van der Waals surface area contributed by atoms with Crippen LogP contribution in [0, 0.1) is 0 Å². The Morgan fingerprint density at radius 2 is 2.45 bits per heavy atom. The van der Waals surface area contributed by atoms with Gasteiger partial charge in [0, 0.05) is 6.20 Å². The van der Waals surface area contributed by atoms with Crippen molar-refractivity contribution in [1.29, 1.82) is 0 Å². The van der Waals surface area contributed by atoms with Crippen LogP contribution in [0.25, 0.3) is 0 Å². The summed E-state index contributed by atoms with van der Waals surface area (Å²) in [6.07, 6.45) is 4.98. The molecule has 0 spiro atoms. The molecule has 1 aliphatic carbocycles. The molecule has 1 fully saturated rings. The molecule has 1 saturated carbocycles. The normalized spacial score (nSPS) is 16.8. The van der Waals surface area contributed by atoms with E-state index in [2.05, 4.69) is 21.0 Å². The lowest BCUT2D eigenvalue weighted by atomic mass is 10.4. The van der Waals surface area contributed by atoms with Crippen LogP contribution in [0.15, 0.2) is 10.8 Å². The van der Waals surface area contributed by atoms with Gasteiger partial charge in [-0.3, -0.25) is 9.48 Å². The van der Waals surface area contributed by atoms with E-state index < -0.39 is 0 Å². The first-order valence-electron chi connectivity index (χ1n) is 3.51. The molecule has 0 amide bonds. The zero-order chi connectivity index (χ0) is 7.84. The fraction of sp³-hybridized carbons (Fsp3) is 0.429. The lowest BCUT2D eigenvalue weighted by Gasteiger charge is -1.91. The highest BCUT2D eigenvalue weighted by Gasteiger charge is 2.25. The average molecular weight is 215 g/mol. The first kappa shape index (κ1) is 7.03. The summed E-state index contributed by atoms with van der Waals surface area (Å²) in [5.74, 6) is 0. The molecule has 1 aromatic heterocycles. The number of carbonyl (C=O) groups is 1. The second kappa shape index (κ2) is 2.44. The van der Waals surface area contributed by atoms with Crippen LogP contribution in [0.4, 0.5) is 0 Å². The Kier molecular flexibility index (Phi) is 1.56. The number of rotatable bonds is 2. The Labute approximate surface area is 72.5 Å². The van der Waals surface area contributed by atoms with Gasteiger partial charge in [-0.25, -0.2) is 0 Å². The van der Waals surface area contributed by atoms with Crippen LogP contribution in [0.2, 0.25) is 0 Å². The smallest absolute Gasteiger partial charge is 0.154 e. The van der Waals surface area contributed by atoms with Crippen LogP contribution < -0.4 is 0 Å². The molecule has 58 valence electrons. The number of halogens is 1. The summed E-state index contributed by atoms with van der Waals surface area (Å²) in [7, 11) is 0. The first-order chi connectivity index (χ1) is 5.31.